The molecule has 0 aliphatic heterocycles. The highest BCUT2D eigenvalue weighted by Crippen LogP contribution is 2.38. The molecule has 130 valence electrons. The minimum Gasteiger partial charge on any atom is -0.477 e. The number of carbonyl (C=O) groups excluding carboxylic acids is 1. The zero-order valence-electron chi connectivity index (χ0n) is 13.9. The topological polar surface area (TPSA) is 106 Å². The third kappa shape index (κ3) is 4.00. The molecular weight excluding hydrogens is 340 g/mol. The van der Waals surface area contributed by atoms with Crippen molar-refractivity contribution in [2.75, 3.05) is 11.9 Å². The van der Waals surface area contributed by atoms with Crippen molar-refractivity contribution in [3.8, 4) is 27.2 Å². The number of aromatic amines is 1. The van der Waals surface area contributed by atoms with E-state index in [4.69, 9.17) is 4.74 Å². The summed E-state index contributed by atoms with van der Waals surface area (Å²) in [6, 6.07) is 3.64. The maximum absolute atomic E-state index is 11.8. The Morgan fingerprint density at radius 2 is 2.24 bits per heavy atom. The van der Waals surface area contributed by atoms with Gasteiger partial charge in [0.25, 0.3) is 0 Å². The molecule has 0 saturated carbocycles. The summed E-state index contributed by atoms with van der Waals surface area (Å²) in [7, 11) is 0. The van der Waals surface area contributed by atoms with Crippen molar-refractivity contribution in [3.05, 3.63) is 24.7 Å². The first-order valence-corrected chi connectivity index (χ1v) is 8.78. The van der Waals surface area contributed by atoms with Gasteiger partial charge in [0, 0.05) is 18.2 Å². The number of rotatable bonds is 7. The van der Waals surface area contributed by atoms with Crippen LogP contribution >= 0.6 is 11.3 Å². The molecule has 9 heteroatoms. The summed E-state index contributed by atoms with van der Waals surface area (Å²) in [4.78, 5) is 25.4. The van der Waals surface area contributed by atoms with Gasteiger partial charge in [-0.3, -0.25) is 9.89 Å². The number of nitrogens with zero attached hydrogens (tertiary/aromatic N) is 4. The lowest BCUT2D eigenvalue weighted by atomic mass is 10.2. The highest BCUT2D eigenvalue weighted by atomic mass is 32.1. The number of hydrogen-bond donors (Lipinski definition) is 2. The van der Waals surface area contributed by atoms with Gasteiger partial charge in [0.1, 0.15) is 22.0 Å². The molecule has 25 heavy (non-hydrogen) atoms. The highest BCUT2D eigenvalue weighted by Gasteiger charge is 2.18. The molecule has 3 rings (SSSR count). The van der Waals surface area contributed by atoms with E-state index in [0.29, 0.717) is 30.5 Å². The number of H-pyrrole nitrogens is 1. The van der Waals surface area contributed by atoms with Crippen LogP contribution < -0.4 is 10.1 Å². The normalized spacial score (nSPS) is 10.6. The van der Waals surface area contributed by atoms with Crippen molar-refractivity contribution in [2.24, 2.45) is 0 Å². The molecule has 2 N–H and O–H groups in total. The monoisotopic (exact) mass is 358 g/mol. The Labute approximate surface area is 148 Å². The van der Waals surface area contributed by atoms with E-state index in [9.17, 15) is 4.79 Å². The van der Waals surface area contributed by atoms with Gasteiger partial charge in [-0.1, -0.05) is 6.92 Å². The van der Waals surface area contributed by atoms with E-state index in [-0.39, 0.29) is 5.91 Å². The van der Waals surface area contributed by atoms with Crippen LogP contribution in [0.2, 0.25) is 0 Å². The number of pyridine rings is 1. The Balaban J connectivity index is 1.91. The molecular formula is C16H18N6O2S. The van der Waals surface area contributed by atoms with Gasteiger partial charge < -0.3 is 10.1 Å². The molecule has 3 aromatic heterocycles. The number of anilines is 1. The van der Waals surface area contributed by atoms with Crippen LogP contribution in [0.15, 0.2) is 24.7 Å². The molecule has 1 amide bonds. The summed E-state index contributed by atoms with van der Waals surface area (Å²) in [6.07, 6.45) is 4.34. The van der Waals surface area contributed by atoms with Gasteiger partial charge in [0.05, 0.1) is 6.61 Å². The molecule has 8 nitrogen and oxygen atoms in total. The van der Waals surface area contributed by atoms with Gasteiger partial charge >= 0.3 is 0 Å². The van der Waals surface area contributed by atoms with E-state index in [1.165, 1.54) is 17.7 Å². The number of carbonyl (C=O) groups is 1. The largest absolute Gasteiger partial charge is 0.477 e. The van der Waals surface area contributed by atoms with Gasteiger partial charge in [-0.25, -0.2) is 15.0 Å². The molecule has 0 atom stereocenters. The zero-order chi connectivity index (χ0) is 17.6. The Bertz CT molecular complexity index is 846. The smallest absolute Gasteiger partial charge is 0.236 e. The van der Waals surface area contributed by atoms with Crippen LogP contribution in [0.4, 0.5) is 5.82 Å². The van der Waals surface area contributed by atoms with E-state index in [2.05, 4.69) is 30.5 Å². The van der Waals surface area contributed by atoms with E-state index < -0.39 is 0 Å². The zero-order valence-corrected chi connectivity index (χ0v) is 14.8. The van der Waals surface area contributed by atoms with Gasteiger partial charge in [-0.05, 0) is 25.5 Å². The van der Waals surface area contributed by atoms with E-state index >= 15 is 0 Å². The Morgan fingerprint density at radius 3 is 2.96 bits per heavy atom. The summed E-state index contributed by atoms with van der Waals surface area (Å²) in [6.45, 7) is 4.36. The van der Waals surface area contributed by atoms with Gasteiger partial charge in [0.2, 0.25) is 11.8 Å². The summed E-state index contributed by atoms with van der Waals surface area (Å²) < 4.78 is 5.62. The predicted molar refractivity (Wildman–Crippen MR) is 95.4 cm³/mol. The average Bonchev–Trinajstić information content (AvgIpc) is 3.25. The second kappa shape index (κ2) is 7.84. The molecule has 0 saturated heterocycles. The first-order chi connectivity index (χ1) is 12.2. The second-order valence-corrected chi connectivity index (χ2v) is 6.15. The van der Waals surface area contributed by atoms with E-state index in [0.717, 1.165) is 21.9 Å². The van der Waals surface area contributed by atoms with Crippen LogP contribution in [0.1, 0.15) is 26.7 Å². The average molecular weight is 358 g/mol. The van der Waals surface area contributed by atoms with Crippen LogP contribution in [0.3, 0.4) is 0 Å². The fourth-order valence-corrected chi connectivity index (χ4v) is 3.15. The molecule has 0 aliphatic rings. The maximum Gasteiger partial charge on any atom is 0.236 e. The van der Waals surface area contributed by atoms with Crippen molar-refractivity contribution in [1.29, 1.82) is 0 Å². The number of ether oxygens (including phenoxy) is 1. The van der Waals surface area contributed by atoms with Gasteiger partial charge in [-0.15, -0.1) is 11.3 Å². The number of hydrogen-bond acceptors (Lipinski definition) is 7. The molecule has 3 heterocycles. The van der Waals surface area contributed by atoms with Crippen LogP contribution in [-0.4, -0.2) is 37.7 Å². The fourth-order valence-electron chi connectivity index (χ4n) is 2.19. The van der Waals surface area contributed by atoms with Crippen LogP contribution in [0.5, 0.6) is 5.88 Å². The molecule has 0 spiro atoms. The molecule has 0 fully saturated rings. The number of aromatic nitrogens is 5. The number of nitrogens with one attached hydrogen (secondary N) is 2. The van der Waals surface area contributed by atoms with Crippen molar-refractivity contribution in [3.63, 3.8) is 0 Å². The summed E-state index contributed by atoms with van der Waals surface area (Å²) >= 11 is 1.44. The minimum absolute atomic E-state index is 0.0522. The number of amides is 1. The lowest BCUT2D eigenvalue weighted by molar-refractivity contribution is -0.116. The van der Waals surface area contributed by atoms with Crippen molar-refractivity contribution >= 4 is 23.1 Å². The van der Waals surface area contributed by atoms with Crippen molar-refractivity contribution in [2.45, 2.75) is 26.7 Å². The molecule has 3 aromatic rings. The molecule has 0 unspecified atom stereocenters. The van der Waals surface area contributed by atoms with Crippen LogP contribution in [0.25, 0.3) is 21.3 Å². The molecule has 0 radical (unpaired) electrons. The SMILES string of the molecule is CCCC(=O)Nc1cc(-c2nc(OCC)c(-c3ncn[nH]3)s2)ccn1. The Morgan fingerprint density at radius 1 is 1.36 bits per heavy atom. The third-order valence-corrected chi connectivity index (χ3v) is 4.35. The maximum atomic E-state index is 11.8. The Kier molecular flexibility index (Phi) is 5.34. The van der Waals surface area contributed by atoms with E-state index in [1.54, 1.807) is 12.3 Å². The van der Waals surface area contributed by atoms with Crippen LogP contribution in [0, 0.1) is 0 Å². The van der Waals surface area contributed by atoms with Crippen molar-refractivity contribution < 1.29 is 9.53 Å². The number of thiazole rings is 1. The quantitative estimate of drug-likeness (QED) is 0.672. The highest BCUT2D eigenvalue weighted by molar-refractivity contribution is 7.18. The molecule has 0 aliphatic carbocycles. The Hall–Kier alpha value is -2.81. The summed E-state index contributed by atoms with van der Waals surface area (Å²) in [5.74, 6) is 1.57. The standard InChI is InChI=1S/C16H18N6O2S/c1-3-5-12(23)20-11-8-10(6-7-17-11)16-21-15(24-4-2)13(25-16)14-18-9-19-22-14/h6-9H,3-5H2,1-2H3,(H,17,20,23)(H,18,19,22). The first-order valence-electron chi connectivity index (χ1n) is 7.96. The lowest BCUT2D eigenvalue weighted by Gasteiger charge is -2.04. The molecule has 0 bridgehead atoms. The summed E-state index contributed by atoms with van der Waals surface area (Å²) in [5, 5.41) is 10.3. The lowest BCUT2D eigenvalue weighted by Crippen LogP contribution is -2.11. The summed E-state index contributed by atoms with van der Waals surface area (Å²) in [5.41, 5.74) is 0.846. The first kappa shape index (κ1) is 17.0. The van der Waals surface area contributed by atoms with E-state index in [1.807, 2.05) is 19.9 Å². The van der Waals surface area contributed by atoms with Gasteiger partial charge in [0.15, 0.2) is 5.82 Å². The predicted octanol–water partition coefficient (Wildman–Crippen LogP) is 3.13. The molecule has 0 aromatic carbocycles. The third-order valence-electron chi connectivity index (χ3n) is 3.26. The van der Waals surface area contributed by atoms with Crippen molar-refractivity contribution in [1.82, 2.24) is 25.1 Å². The second-order valence-electron chi connectivity index (χ2n) is 5.15. The van der Waals surface area contributed by atoms with Gasteiger partial charge in [-0.2, -0.15) is 5.10 Å². The fraction of sp³-hybridized carbons (Fsp3) is 0.312. The minimum atomic E-state index is -0.0522. The van der Waals surface area contributed by atoms with Crippen LogP contribution in [-0.2, 0) is 4.79 Å².